The van der Waals surface area contributed by atoms with Crippen LogP contribution < -0.4 is 5.73 Å². The molecule has 0 saturated heterocycles. The molecular weight excluding hydrogens is 205 g/mol. The minimum absolute atomic E-state index is 0.355. The average Bonchev–Trinajstić information content (AvgIpc) is 2.21. The summed E-state index contributed by atoms with van der Waals surface area (Å²) in [5, 5.41) is 9.98. The molecule has 0 aliphatic rings. The lowest BCUT2D eigenvalue weighted by atomic mass is 9.94. The lowest BCUT2D eigenvalue weighted by Gasteiger charge is -2.17. The van der Waals surface area contributed by atoms with Crippen LogP contribution in [0.5, 0.6) is 0 Å². The fourth-order valence-electron chi connectivity index (χ4n) is 1.95. The highest BCUT2D eigenvalue weighted by molar-refractivity contribution is 5.47. The first-order valence-electron chi connectivity index (χ1n) is 5.77. The van der Waals surface area contributed by atoms with Crippen LogP contribution in [0, 0.1) is 11.7 Å². The topological polar surface area (TPSA) is 46.2 Å². The summed E-state index contributed by atoms with van der Waals surface area (Å²) in [6.45, 7) is 4.20. The van der Waals surface area contributed by atoms with Gasteiger partial charge in [-0.2, -0.15) is 0 Å². The van der Waals surface area contributed by atoms with E-state index >= 15 is 0 Å². The first kappa shape index (κ1) is 13.0. The summed E-state index contributed by atoms with van der Waals surface area (Å²) in [5.41, 5.74) is 6.67. The zero-order chi connectivity index (χ0) is 12.1. The largest absolute Gasteiger partial charge is 0.398 e. The van der Waals surface area contributed by atoms with Crippen molar-refractivity contribution in [1.29, 1.82) is 0 Å². The van der Waals surface area contributed by atoms with E-state index in [9.17, 15) is 9.50 Å². The van der Waals surface area contributed by atoms with Crippen LogP contribution in [0.4, 0.5) is 10.1 Å². The Labute approximate surface area is 96.3 Å². The van der Waals surface area contributed by atoms with Crippen molar-refractivity contribution in [3.05, 3.63) is 29.6 Å². The van der Waals surface area contributed by atoms with Crippen molar-refractivity contribution in [2.24, 2.45) is 5.92 Å². The molecule has 0 aliphatic heterocycles. The molecule has 0 aliphatic carbocycles. The summed E-state index contributed by atoms with van der Waals surface area (Å²) in [5.74, 6) is 0.0639. The second-order valence-electron chi connectivity index (χ2n) is 4.42. The Balaban J connectivity index is 2.72. The lowest BCUT2D eigenvalue weighted by molar-refractivity contribution is 0.145. The van der Waals surface area contributed by atoms with Crippen LogP contribution in [0.25, 0.3) is 0 Å². The third-order valence-electron chi connectivity index (χ3n) is 2.81. The maximum atomic E-state index is 13.0. The van der Waals surface area contributed by atoms with Gasteiger partial charge in [-0.3, -0.25) is 0 Å². The number of rotatable bonds is 5. The molecule has 0 aromatic heterocycles. The van der Waals surface area contributed by atoms with Crippen LogP contribution in [0.15, 0.2) is 18.2 Å². The van der Waals surface area contributed by atoms with Gasteiger partial charge in [0.05, 0.1) is 6.10 Å². The van der Waals surface area contributed by atoms with E-state index in [1.54, 1.807) is 0 Å². The molecule has 2 unspecified atom stereocenters. The molecule has 0 amide bonds. The van der Waals surface area contributed by atoms with Gasteiger partial charge in [0.25, 0.3) is 0 Å². The van der Waals surface area contributed by atoms with Crippen molar-refractivity contribution in [2.75, 3.05) is 5.73 Å². The molecule has 0 radical (unpaired) electrons. The molecular formula is C13H20FNO. The molecule has 3 heteroatoms. The molecule has 0 bridgehead atoms. The highest BCUT2D eigenvalue weighted by Crippen LogP contribution is 2.28. The first-order chi connectivity index (χ1) is 7.54. The van der Waals surface area contributed by atoms with Gasteiger partial charge in [0.15, 0.2) is 0 Å². The maximum Gasteiger partial charge on any atom is 0.123 e. The highest BCUT2D eigenvalue weighted by Gasteiger charge is 2.15. The molecule has 0 saturated carbocycles. The van der Waals surface area contributed by atoms with Crippen molar-refractivity contribution in [2.45, 2.75) is 39.2 Å². The predicted octanol–water partition coefficient (Wildman–Crippen LogP) is 3.27. The van der Waals surface area contributed by atoms with Gasteiger partial charge in [0.2, 0.25) is 0 Å². The second kappa shape index (κ2) is 5.85. The van der Waals surface area contributed by atoms with E-state index < -0.39 is 6.10 Å². The summed E-state index contributed by atoms with van der Waals surface area (Å²) in [6, 6.07) is 4.12. The highest BCUT2D eigenvalue weighted by atomic mass is 19.1. The molecule has 3 N–H and O–H groups in total. The first-order valence-corrected chi connectivity index (χ1v) is 5.77. The summed E-state index contributed by atoms with van der Waals surface area (Å²) in [7, 11) is 0. The predicted molar refractivity (Wildman–Crippen MR) is 64.5 cm³/mol. The Morgan fingerprint density at radius 2 is 2.12 bits per heavy atom. The normalized spacial score (nSPS) is 14.8. The molecule has 0 heterocycles. The maximum absolute atomic E-state index is 13.0. The standard InChI is InChI=1S/C13H20FNO/c1-3-4-9(2)7-13(16)11-8-10(14)5-6-12(11)15/h5-6,8-9,13,16H,3-4,7,15H2,1-2H3. The van der Waals surface area contributed by atoms with E-state index in [0.717, 1.165) is 12.8 Å². The quantitative estimate of drug-likeness (QED) is 0.755. The fourth-order valence-corrected chi connectivity index (χ4v) is 1.95. The van der Waals surface area contributed by atoms with Crippen LogP contribution in [0.3, 0.4) is 0 Å². The molecule has 0 fully saturated rings. The molecule has 90 valence electrons. The van der Waals surface area contributed by atoms with Gasteiger partial charge in [-0.25, -0.2) is 4.39 Å². The van der Waals surface area contributed by atoms with Crippen molar-refractivity contribution in [3.63, 3.8) is 0 Å². The van der Waals surface area contributed by atoms with Crippen LogP contribution >= 0.6 is 0 Å². The van der Waals surface area contributed by atoms with E-state index in [2.05, 4.69) is 13.8 Å². The van der Waals surface area contributed by atoms with Crippen LogP contribution in [-0.4, -0.2) is 5.11 Å². The Bertz CT molecular complexity index is 341. The van der Waals surface area contributed by atoms with Gasteiger partial charge in [-0.05, 0) is 30.5 Å². The minimum Gasteiger partial charge on any atom is -0.398 e. The zero-order valence-electron chi connectivity index (χ0n) is 9.91. The molecule has 2 nitrogen and oxygen atoms in total. The van der Waals surface area contributed by atoms with E-state index in [-0.39, 0.29) is 5.82 Å². The Morgan fingerprint density at radius 1 is 1.44 bits per heavy atom. The Hall–Kier alpha value is -1.09. The average molecular weight is 225 g/mol. The summed E-state index contributed by atoms with van der Waals surface area (Å²) in [6.07, 6.45) is 2.11. The Morgan fingerprint density at radius 3 is 2.75 bits per heavy atom. The molecule has 1 aromatic carbocycles. The summed E-state index contributed by atoms with van der Waals surface area (Å²) < 4.78 is 13.0. The second-order valence-corrected chi connectivity index (χ2v) is 4.42. The minimum atomic E-state index is -0.669. The monoisotopic (exact) mass is 225 g/mol. The molecule has 1 rings (SSSR count). The molecule has 2 atom stereocenters. The van der Waals surface area contributed by atoms with Crippen LogP contribution in [0.2, 0.25) is 0 Å². The van der Waals surface area contributed by atoms with E-state index in [0.29, 0.717) is 23.6 Å². The Kier molecular flexibility index (Phi) is 4.74. The number of benzene rings is 1. The molecule has 0 spiro atoms. The van der Waals surface area contributed by atoms with Crippen molar-refractivity contribution < 1.29 is 9.50 Å². The number of hydrogen-bond acceptors (Lipinski definition) is 2. The van der Waals surface area contributed by atoms with Crippen molar-refractivity contribution >= 4 is 5.69 Å². The number of halogens is 1. The van der Waals surface area contributed by atoms with E-state index in [1.165, 1.54) is 18.2 Å². The number of aliphatic hydroxyl groups is 1. The van der Waals surface area contributed by atoms with Gasteiger partial charge < -0.3 is 10.8 Å². The van der Waals surface area contributed by atoms with E-state index in [4.69, 9.17) is 5.73 Å². The van der Waals surface area contributed by atoms with Crippen molar-refractivity contribution in [3.8, 4) is 0 Å². The SMILES string of the molecule is CCCC(C)CC(O)c1cc(F)ccc1N. The van der Waals surface area contributed by atoms with Gasteiger partial charge in [0.1, 0.15) is 5.82 Å². The van der Waals surface area contributed by atoms with Gasteiger partial charge in [-0.1, -0.05) is 26.7 Å². The summed E-state index contributed by atoms with van der Waals surface area (Å²) >= 11 is 0. The number of aliphatic hydroxyl groups excluding tert-OH is 1. The third-order valence-corrected chi connectivity index (χ3v) is 2.81. The van der Waals surface area contributed by atoms with Gasteiger partial charge in [0, 0.05) is 11.3 Å². The number of anilines is 1. The smallest absolute Gasteiger partial charge is 0.123 e. The fraction of sp³-hybridized carbons (Fsp3) is 0.538. The number of nitrogen functional groups attached to an aromatic ring is 1. The van der Waals surface area contributed by atoms with Gasteiger partial charge >= 0.3 is 0 Å². The molecule has 16 heavy (non-hydrogen) atoms. The van der Waals surface area contributed by atoms with Crippen LogP contribution in [-0.2, 0) is 0 Å². The third kappa shape index (κ3) is 3.49. The zero-order valence-corrected chi connectivity index (χ0v) is 9.91. The van der Waals surface area contributed by atoms with Crippen molar-refractivity contribution in [1.82, 2.24) is 0 Å². The van der Waals surface area contributed by atoms with E-state index in [1.807, 2.05) is 0 Å². The number of hydrogen-bond donors (Lipinski definition) is 2. The molecule has 1 aromatic rings. The van der Waals surface area contributed by atoms with Gasteiger partial charge in [-0.15, -0.1) is 0 Å². The van der Waals surface area contributed by atoms with Crippen LogP contribution in [0.1, 0.15) is 44.8 Å². The number of nitrogens with two attached hydrogens (primary N) is 1. The summed E-state index contributed by atoms with van der Waals surface area (Å²) in [4.78, 5) is 0. The lowest BCUT2D eigenvalue weighted by Crippen LogP contribution is -2.07.